The van der Waals surface area contributed by atoms with E-state index in [9.17, 15) is 4.79 Å². The summed E-state index contributed by atoms with van der Waals surface area (Å²) >= 11 is 1.63. The van der Waals surface area contributed by atoms with E-state index in [0.717, 1.165) is 33.8 Å². The number of hydrogen-bond donors (Lipinski definition) is 2. The van der Waals surface area contributed by atoms with Crippen molar-refractivity contribution in [1.82, 2.24) is 4.98 Å². The lowest BCUT2D eigenvalue weighted by atomic mass is 9.81. The second-order valence-electron chi connectivity index (χ2n) is 5.06. The first-order valence-corrected chi connectivity index (χ1v) is 7.75. The second kappa shape index (κ2) is 7.20. The summed E-state index contributed by atoms with van der Waals surface area (Å²) in [4.78, 5) is 16.9. The van der Waals surface area contributed by atoms with Crippen LogP contribution in [0.15, 0.2) is 18.2 Å². The number of aryl methyl sites for hydroxylation is 1. The zero-order valence-electron chi connectivity index (χ0n) is 12.6. The van der Waals surface area contributed by atoms with Crippen molar-refractivity contribution < 1.29 is 4.79 Å². The molecular weight excluding hydrogens is 306 g/mol. The number of amides is 1. The number of nitrogens with two attached hydrogens (primary N) is 1. The minimum Gasteiger partial charge on any atom is -0.329 e. The molecule has 1 aromatic heterocycles. The normalized spacial score (nSPS) is 11.2. The third-order valence-corrected chi connectivity index (χ3v) is 4.91. The van der Waals surface area contributed by atoms with E-state index in [1.165, 1.54) is 0 Å². The van der Waals surface area contributed by atoms with Crippen LogP contribution in [-0.4, -0.2) is 17.4 Å². The maximum atomic E-state index is 12.5. The molecule has 21 heavy (non-hydrogen) atoms. The number of hydrogen-bond acceptors (Lipinski definition) is 4. The first kappa shape index (κ1) is 17.9. The summed E-state index contributed by atoms with van der Waals surface area (Å²) in [5, 5.41) is 4.03. The highest BCUT2D eigenvalue weighted by Gasteiger charge is 2.33. The first-order chi connectivity index (χ1) is 9.54. The molecule has 0 saturated carbocycles. The number of nitrogens with one attached hydrogen (secondary N) is 1. The summed E-state index contributed by atoms with van der Waals surface area (Å²) in [6, 6.07) is 5.81. The monoisotopic (exact) mass is 327 g/mol. The Morgan fingerprint density at radius 3 is 2.62 bits per heavy atom. The molecule has 0 spiro atoms. The van der Waals surface area contributed by atoms with Gasteiger partial charge in [0.25, 0.3) is 0 Å². The van der Waals surface area contributed by atoms with Gasteiger partial charge in [0.15, 0.2) is 0 Å². The highest BCUT2D eigenvalue weighted by atomic mass is 35.5. The Hall–Kier alpha value is -1.17. The molecule has 3 N–H and O–H groups in total. The Morgan fingerprint density at radius 2 is 2.05 bits per heavy atom. The van der Waals surface area contributed by atoms with Crippen LogP contribution in [0.5, 0.6) is 0 Å². The number of halogens is 1. The minimum atomic E-state index is -0.474. The number of benzene rings is 1. The van der Waals surface area contributed by atoms with Gasteiger partial charge in [-0.1, -0.05) is 13.8 Å². The van der Waals surface area contributed by atoms with Gasteiger partial charge < -0.3 is 11.1 Å². The average molecular weight is 328 g/mol. The summed E-state index contributed by atoms with van der Waals surface area (Å²) in [6.45, 7) is 6.36. The van der Waals surface area contributed by atoms with Gasteiger partial charge >= 0.3 is 0 Å². The van der Waals surface area contributed by atoms with Crippen LogP contribution in [0.4, 0.5) is 5.69 Å². The van der Waals surface area contributed by atoms with E-state index in [-0.39, 0.29) is 18.3 Å². The van der Waals surface area contributed by atoms with Gasteiger partial charge in [-0.3, -0.25) is 4.79 Å². The van der Waals surface area contributed by atoms with Gasteiger partial charge in [0, 0.05) is 12.2 Å². The van der Waals surface area contributed by atoms with Crippen LogP contribution < -0.4 is 11.1 Å². The fourth-order valence-corrected chi connectivity index (χ4v) is 3.20. The summed E-state index contributed by atoms with van der Waals surface area (Å²) in [5.41, 5.74) is 7.12. The van der Waals surface area contributed by atoms with Crippen molar-refractivity contribution in [3.63, 3.8) is 0 Å². The van der Waals surface area contributed by atoms with Crippen molar-refractivity contribution in [1.29, 1.82) is 0 Å². The van der Waals surface area contributed by atoms with Crippen LogP contribution in [0.3, 0.4) is 0 Å². The summed E-state index contributed by atoms with van der Waals surface area (Å²) in [7, 11) is 0. The predicted molar refractivity (Wildman–Crippen MR) is 92.3 cm³/mol. The minimum absolute atomic E-state index is 0. The zero-order valence-corrected chi connectivity index (χ0v) is 14.2. The largest absolute Gasteiger partial charge is 0.329 e. The molecule has 0 fully saturated rings. The van der Waals surface area contributed by atoms with Crippen LogP contribution in [0, 0.1) is 12.3 Å². The lowest BCUT2D eigenvalue weighted by molar-refractivity contribution is -0.125. The van der Waals surface area contributed by atoms with Gasteiger partial charge in [0.1, 0.15) is 0 Å². The Bertz CT molecular complexity index is 614. The van der Waals surface area contributed by atoms with Crippen LogP contribution >= 0.6 is 23.7 Å². The Kier molecular flexibility index (Phi) is 6.13. The molecule has 0 atom stereocenters. The van der Waals surface area contributed by atoms with Gasteiger partial charge in [-0.25, -0.2) is 4.98 Å². The standard InChI is InChI=1S/C15H21N3OS.ClH/c1-4-15(5-2,9-16)14(19)18-11-6-7-12-13(8-11)20-10(3)17-12;/h6-8H,4-5,9,16H2,1-3H3,(H,18,19);1H. The van der Waals surface area contributed by atoms with Gasteiger partial charge in [-0.2, -0.15) is 0 Å². The molecule has 0 unspecified atom stereocenters. The second-order valence-corrected chi connectivity index (χ2v) is 6.30. The van der Waals surface area contributed by atoms with Crippen LogP contribution in [0.2, 0.25) is 0 Å². The van der Waals surface area contributed by atoms with Crippen LogP contribution in [0.1, 0.15) is 31.7 Å². The highest BCUT2D eigenvalue weighted by Crippen LogP contribution is 2.29. The smallest absolute Gasteiger partial charge is 0.231 e. The Morgan fingerprint density at radius 1 is 1.38 bits per heavy atom. The van der Waals surface area contributed by atoms with E-state index in [0.29, 0.717) is 6.54 Å². The van der Waals surface area contributed by atoms with Gasteiger partial charge in [0.2, 0.25) is 5.91 Å². The molecule has 0 aliphatic heterocycles. The molecule has 2 aromatic rings. The molecule has 6 heteroatoms. The lowest BCUT2D eigenvalue weighted by Gasteiger charge is -2.28. The first-order valence-electron chi connectivity index (χ1n) is 6.93. The van der Waals surface area contributed by atoms with Crippen molar-refractivity contribution in [3.05, 3.63) is 23.2 Å². The van der Waals surface area contributed by atoms with Crippen molar-refractivity contribution >= 4 is 45.6 Å². The third-order valence-electron chi connectivity index (χ3n) is 3.98. The topological polar surface area (TPSA) is 68.0 Å². The number of carbonyl (C=O) groups is 1. The fraction of sp³-hybridized carbons (Fsp3) is 0.467. The third kappa shape index (κ3) is 3.54. The molecule has 0 radical (unpaired) electrons. The number of nitrogens with zero attached hydrogens (tertiary/aromatic N) is 1. The number of carbonyl (C=O) groups excluding carboxylic acids is 1. The lowest BCUT2D eigenvalue weighted by Crippen LogP contribution is -2.41. The molecule has 1 aromatic carbocycles. The molecule has 2 rings (SSSR count). The number of aromatic nitrogens is 1. The molecule has 0 aliphatic carbocycles. The van der Waals surface area contributed by atoms with Crippen molar-refractivity contribution in [2.45, 2.75) is 33.6 Å². The SMILES string of the molecule is CCC(CC)(CN)C(=O)Nc1ccc2nc(C)sc2c1.Cl. The molecule has 4 nitrogen and oxygen atoms in total. The Balaban J connectivity index is 0.00000220. The van der Waals surface area contributed by atoms with Crippen molar-refractivity contribution in [2.24, 2.45) is 11.1 Å². The number of anilines is 1. The van der Waals surface area contributed by atoms with Crippen molar-refractivity contribution in [2.75, 3.05) is 11.9 Å². The molecule has 0 saturated heterocycles. The molecule has 0 aliphatic rings. The van der Waals surface area contributed by atoms with Gasteiger partial charge in [-0.05, 0) is 38.0 Å². The van der Waals surface area contributed by atoms with E-state index < -0.39 is 5.41 Å². The predicted octanol–water partition coefficient (Wildman–Crippen LogP) is 3.73. The van der Waals surface area contributed by atoms with E-state index in [2.05, 4.69) is 10.3 Å². The summed E-state index contributed by atoms with van der Waals surface area (Å²) in [6.07, 6.45) is 1.49. The maximum absolute atomic E-state index is 12.5. The van der Waals surface area contributed by atoms with E-state index in [1.807, 2.05) is 39.0 Å². The number of rotatable bonds is 5. The quantitative estimate of drug-likeness (QED) is 0.879. The van der Waals surface area contributed by atoms with Crippen LogP contribution in [-0.2, 0) is 4.79 Å². The molecule has 1 amide bonds. The van der Waals surface area contributed by atoms with E-state index in [4.69, 9.17) is 5.73 Å². The number of thiazole rings is 1. The molecule has 0 bridgehead atoms. The van der Waals surface area contributed by atoms with Crippen LogP contribution in [0.25, 0.3) is 10.2 Å². The van der Waals surface area contributed by atoms with Crippen molar-refractivity contribution in [3.8, 4) is 0 Å². The fourth-order valence-electron chi connectivity index (χ4n) is 2.33. The van der Waals surface area contributed by atoms with E-state index in [1.54, 1.807) is 11.3 Å². The Labute approximate surface area is 135 Å². The van der Waals surface area contributed by atoms with Gasteiger partial charge in [0.05, 0.1) is 20.6 Å². The van der Waals surface area contributed by atoms with Gasteiger partial charge in [-0.15, -0.1) is 23.7 Å². The zero-order chi connectivity index (χ0) is 14.8. The highest BCUT2D eigenvalue weighted by molar-refractivity contribution is 7.18. The summed E-state index contributed by atoms with van der Waals surface area (Å²) in [5.74, 6) is 0.00517. The summed E-state index contributed by atoms with van der Waals surface area (Å²) < 4.78 is 1.09. The number of fused-ring (bicyclic) bond motifs is 1. The average Bonchev–Trinajstić information content (AvgIpc) is 2.81. The molecule has 1 heterocycles. The molecule has 116 valence electrons. The van der Waals surface area contributed by atoms with E-state index >= 15 is 0 Å². The maximum Gasteiger partial charge on any atom is 0.231 e. The molecular formula is C15H22ClN3OS.